The van der Waals surface area contributed by atoms with Crippen LogP contribution < -0.4 is 4.74 Å². The summed E-state index contributed by atoms with van der Waals surface area (Å²) in [5.74, 6) is 0.876. The molecule has 1 amide bonds. The van der Waals surface area contributed by atoms with E-state index in [0.29, 0.717) is 31.8 Å². The van der Waals surface area contributed by atoms with Crippen LogP contribution >= 0.6 is 0 Å². The maximum atomic E-state index is 12.4. The summed E-state index contributed by atoms with van der Waals surface area (Å²) in [5.41, 5.74) is 1.14. The normalized spacial score (nSPS) is 16.5. The van der Waals surface area contributed by atoms with E-state index in [4.69, 9.17) is 9.47 Å². The van der Waals surface area contributed by atoms with Crippen molar-refractivity contribution >= 4 is 11.9 Å². The largest absolute Gasteiger partial charge is 0.483 e. The van der Waals surface area contributed by atoms with Gasteiger partial charge in [-0.2, -0.15) is 0 Å². The number of hydrogen-bond donors (Lipinski definition) is 0. The number of nitrogens with zero attached hydrogens (tertiary/aromatic N) is 1. The first-order valence-electron chi connectivity index (χ1n) is 8.64. The van der Waals surface area contributed by atoms with Crippen LogP contribution in [0.5, 0.6) is 5.75 Å². The van der Waals surface area contributed by atoms with Gasteiger partial charge in [-0.05, 0) is 36.8 Å². The fraction of sp³-hybridized carbons (Fsp3) is 0.579. The van der Waals surface area contributed by atoms with Crippen LogP contribution in [0.2, 0.25) is 0 Å². The van der Waals surface area contributed by atoms with E-state index in [1.807, 2.05) is 18.2 Å². The highest BCUT2D eigenvalue weighted by Crippen LogP contribution is 2.28. The second-order valence-electron chi connectivity index (χ2n) is 6.31. The Morgan fingerprint density at radius 2 is 1.92 bits per heavy atom. The van der Waals surface area contributed by atoms with E-state index in [1.165, 1.54) is 7.11 Å². The minimum atomic E-state index is -0.180. The van der Waals surface area contributed by atoms with Crippen molar-refractivity contribution in [1.29, 1.82) is 0 Å². The van der Waals surface area contributed by atoms with Crippen LogP contribution in [0.15, 0.2) is 24.3 Å². The average molecular weight is 333 g/mol. The topological polar surface area (TPSA) is 55.8 Å². The first kappa shape index (κ1) is 18.3. The van der Waals surface area contributed by atoms with Crippen molar-refractivity contribution in [3.05, 3.63) is 29.8 Å². The molecule has 1 aliphatic heterocycles. The minimum absolute atomic E-state index is 0.0303. The fourth-order valence-electron chi connectivity index (χ4n) is 3.00. The van der Waals surface area contributed by atoms with Crippen molar-refractivity contribution < 1.29 is 19.1 Å². The van der Waals surface area contributed by atoms with Gasteiger partial charge in [0.2, 0.25) is 0 Å². The van der Waals surface area contributed by atoms with Crippen LogP contribution in [-0.4, -0.2) is 43.6 Å². The number of ether oxygens (including phenoxy) is 2. The Balaban J connectivity index is 1.87. The molecule has 5 heteroatoms. The number of likely N-dealkylation sites (tertiary alicyclic amines) is 1. The molecule has 1 fully saturated rings. The van der Waals surface area contributed by atoms with Crippen molar-refractivity contribution in [2.75, 3.05) is 26.8 Å². The highest BCUT2D eigenvalue weighted by Gasteiger charge is 2.28. The number of carbonyl (C=O) groups excluding carboxylic acids is 2. The molecule has 0 aromatic heterocycles. The zero-order valence-corrected chi connectivity index (χ0v) is 14.8. The second kappa shape index (κ2) is 8.71. The maximum Gasteiger partial charge on any atom is 0.308 e. The monoisotopic (exact) mass is 333 g/mol. The summed E-state index contributed by atoms with van der Waals surface area (Å²) in [6.07, 6.45) is 2.33. The smallest absolute Gasteiger partial charge is 0.308 e. The molecule has 1 unspecified atom stereocenters. The number of methoxy groups -OCH3 is 1. The number of para-hydroxylation sites is 1. The van der Waals surface area contributed by atoms with Crippen molar-refractivity contribution in [2.45, 2.75) is 39.0 Å². The Morgan fingerprint density at radius 1 is 1.25 bits per heavy atom. The number of rotatable bonds is 6. The van der Waals surface area contributed by atoms with Gasteiger partial charge in [-0.1, -0.05) is 32.0 Å². The van der Waals surface area contributed by atoms with Crippen molar-refractivity contribution in [2.24, 2.45) is 5.92 Å². The Labute approximate surface area is 143 Å². The molecule has 0 spiro atoms. The summed E-state index contributed by atoms with van der Waals surface area (Å²) >= 11 is 0. The highest BCUT2D eigenvalue weighted by atomic mass is 16.5. The van der Waals surface area contributed by atoms with Crippen LogP contribution in [0.3, 0.4) is 0 Å². The number of benzene rings is 1. The average Bonchev–Trinajstić information content (AvgIpc) is 2.65. The van der Waals surface area contributed by atoms with E-state index in [-0.39, 0.29) is 24.4 Å². The molecule has 24 heavy (non-hydrogen) atoms. The van der Waals surface area contributed by atoms with Gasteiger partial charge >= 0.3 is 5.97 Å². The molecule has 0 N–H and O–H groups in total. The SMILES string of the molecule is CCC(C)c1ccccc1OCC(=O)N1CCC(C(=O)OC)CC1. The molecular formula is C19H27NO4. The van der Waals surface area contributed by atoms with Gasteiger partial charge in [-0.3, -0.25) is 9.59 Å². The molecule has 0 saturated carbocycles. The van der Waals surface area contributed by atoms with Gasteiger partial charge in [0.05, 0.1) is 13.0 Å². The van der Waals surface area contributed by atoms with Gasteiger partial charge in [0, 0.05) is 13.1 Å². The summed E-state index contributed by atoms with van der Waals surface area (Å²) in [6.45, 7) is 5.49. The Morgan fingerprint density at radius 3 is 2.54 bits per heavy atom. The van der Waals surface area contributed by atoms with Crippen molar-refractivity contribution in [3.63, 3.8) is 0 Å². The summed E-state index contributed by atoms with van der Waals surface area (Å²) in [7, 11) is 1.41. The van der Waals surface area contributed by atoms with Crippen molar-refractivity contribution in [3.8, 4) is 5.75 Å². The molecular weight excluding hydrogens is 306 g/mol. The van der Waals surface area contributed by atoms with E-state index in [1.54, 1.807) is 4.90 Å². The zero-order valence-electron chi connectivity index (χ0n) is 14.8. The summed E-state index contributed by atoms with van der Waals surface area (Å²) in [4.78, 5) is 25.7. The Kier molecular flexibility index (Phi) is 6.64. The second-order valence-corrected chi connectivity index (χ2v) is 6.31. The fourth-order valence-corrected chi connectivity index (χ4v) is 3.00. The van der Waals surface area contributed by atoms with Crippen molar-refractivity contribution in [1.82, 2.24) is 4.90 Å². The summed E-state index contributed by atoms with van der Waals surface area (Å²) in [6, 6.07) is 7.88. The van der Waals surface area contributed by atoms with Crippen LogP contribution in [0.25, 0.3) is 0 Å². The van der Waals surface area contributed by atoms with E-state index < -0.39 is 0 Å². The standard InChI is InChI=1S/C19H27NO4/c1-4-14(2)16-7-5-6-8-17(16)24-13-18(21)20-11-9-15(10-12-20)19(22)23-3/h5-8,14-15H,4,9-13H2,1-3H3. The number of amides is 1. The molecule has 132 valence electrons. The van der Waals surface area contributed by atoms with E-state index >= 15 is 0 Å². The minimum Gasteiger partial charge on any atom is -0.483 e. The lowest BCUT2D eigenvalue weighted by Crippen LogP contribution is -2.42. The lowest BCUT2D eigenvalue weighted by Gasteiger charge is -2.30. The summed E-state index contributed by atoms with van der Waals surface area (Å²) in [5, 5.41) is 0. The molecule has 2 rings (SSSR count). The first-order valence-corrected chi connectivity index (χ1v) is 8.64. The molecule has 1 saturated heterocycles. The highest BCUT2D eigenvalue weighted by molar-refractivity contribution is 5.78. The van der Waals surface area contributed by atoms with Crippen LogP contribution in [0.1, 0.15) is 44.6 Å². The van der Waals surface area contributed by atoms with Crippen LogP contribution in [0.4, 0.5) is 0 Å². The maximum absolute atomic E-state index is 12.4. The Hall–Kier alpha value is -2.04. The summed E-state index contributed by atoms with van der Waals surface area (Å²) < 4.78 is 10.6. The molecule has 1 heterocycles. The van der Waals surface area contributed by atoms with Gasteiger partial charge in [-0.15, -0.1) is 0 Å². The third kappa shape index (κ3) is 4.49. The van der Waals surface area contributed by atoms with E-state index in [2.05, 4.69) is 19.9 Å². The Bertz CT molecular complexity index is 564. The lowest BCUT2D eigenvalue weighted by atomic mass is 9.97. The molecule has 1 aromatic rings. The molecule has 1 aromatic carbocycles. The van der Waals surface area contributed by atoms with Gasteiger partial charge in [0.25, 0.3) is 5.91 Å². The number of esters is 1. The van der Waals surface area contributed by atoms with Gasteiger partial charge in [0.1, 0.15) is 5.75 Å². The molecule has 0 radical (unpaired) electrons. The zero-order chi connectivity index (χ0) is 17.5. The number of piperidine rings is 1. The lowest BCUT2D eigenvalue weighted by molar-refractivity contribution is -0.149. The van der Waals surface area contributed by atoms with E-state index in [0.717, 1.165) is 17.7 Å². The molecule has 5 nitrogen and oxygen atoms in total. The molecule has 1 atom stereocenters. The van der Waals surface area contributed by atoms with Crippen LogP contribution in [0, 0.1) is 5.92 Å². The quantitative estimate of drug-likeness (QED) is 0.751. The van der Waals surface area contributed by atoms with Gasteiger partial charge in [-0.25, -0.2) is 0 Å². The number of hydrogen-bond acceptors (Lipinski definition) is 4. The predicted octanol–water partition coefficient (Wildman–Crippen LogP) is 2.99. The van der Waals surface area contributed by atoms with Gasteiger partial charge < -0.3 is 14.4 Å². The van der Waals surface area contributed by atoms with Gasteiger partial charge in [0.15, 0.2) is 6.61 Å². The van der Waals surface area contributed by atoms with E-state index in [9.17, 15) is 9.59 Å². The molecule has 0 aliphatic carbocycles. The van der Waals surface area contributed by atoms with Crippen LogP contribution in [-0.2, 0) is 14.3 Å². The third-order valence-electron chi connectivity index (χ3n) is 4.80. The molecule has 0 bridgehead atoms. The number of carbonyl (C=O) groups is 2. The third-order valence-corrected chi connectivity index (χ3v) is 4.80. The molecule has 1 aliphatic rings. The first-order chi connectivity index (χ1) is 11.6. The predicted molar refractivity (Wildman–Crippen MR) is 92.0 cm³/mol.